The second kappa shape index (κ2) is 8.58. The molecule has 1 aromatic carbocycles. The zero-order valence-electron chi connectivity index (χ0n) is 15.9. The standard InChI is InChI=1S/C20H19ClN2O4S/c1-11-8-12(2)22-18(21)16(11)20(24)27-9-13-10-28-19(23-13)14-6-5-7-15(25-3)17(14)26-4/h5-8,10H,9H2,1-4H3. The Balaban J connectivity index is 1.77. The Hall–Kier alpha value is -2.64. The molecule has 0 fully saturated rings. The number of nitrogens with zero attached hydrogens (tertiary/aromatic N) is 2. The van der Waals surface area contributed by atoms with E-state index in [0.717, 1.165) is 21.8 Å². The van der Waals surface area contributed by atoms with Crippen LogP contribution in [-0.2, 0) is 11.3 Å². The van der Waals surface area contributed by atoms with Crippen molar-refractivity contribution in [2.24, 2.45) is 0 Å². The second-order valence-corrected chi connectivity index (χ2v) is 7.22. The number of para-hydroxylation sites is 1. The predicted molar refractivity (Wildman–Crippen MR) is 108 cm³/mol. The van der Waals surface area contributed by atoms with Gasteiger partial charge in [0, 0.05) is 11.1 Å². The lowest BCUT2D eigenvalue weighted by atomic mass is 10.1. The van der Waals surface area contributed by atoms with Gasteiger partial charge < -0.3 is 14.2 Å². The van der Waals surface area contributed by atoms with Crippen LogP contribution in [0.2, 0.25) is 5.15 Å². The first-order valence-corrected chi connectivity index (χ1v) is 9.67. The van der Waals surface area contributed by atoms with Crippen LogP contribution < -0.4 is 9.47 Å². The van der Waals surface area contributed by atoms with Crippen molar-refractivity contribution in [3.63, 3.8) is 0 Å². The number of methoxy groups -OCH3 is 2. The number of carbonyl (C=O) groups excluding carboxylic acids is 1. The summed E-state index contributed by atoms with van der Waals surface area (Å²) >= 11 is 7.54. The van der Waals surface area contributed by atoms with Gasteiger partial charge in [0.05, 0.1) is 31.0 Å². The van der Waals surface area contributed by atoms with E-state index < -0.39 is 5.97 Å². The molecule has 0 saturated heterocycles. The summed E-state index contributed by atoms with van der Waals surface area (Å²) in [5.41, 5.74) is 3.19. The molecule has 0 atom stereocenters. The molecule has 3 aromatic rings. The third-order valence-electron chi connectivity index (χ3n) is 4.04. The van der Waals surface area contributed by atoms with Crippen LogP contribution in [0.3, 0.4) is 0 Å². The van der Waals surface area contributed by atoms with Gasteiger partial charge in [0.2, 0.25) is 0 Å². The summed E-state index contributed by atoms with van der Waals surface area (Å²) in [6, 6.07) is 7.38. The summed E-state index contributed by atoms with van der Waals surface area (Å²) in [6.45, 7) is 3.65. The highest BCUT2D eigenvalue weighted by Gasteiger charge is 2.19. The lowest BCUT2D eigenvalue weighted by Crippen LogP contribution is -2.09. The maximum Gasteiger partial charge on any atom is 0.341 e. The molecule has 2 heterocycles. The average molecular weight is 419 g/mol. The highest BCUT2D eigenvalue weighted by atomic mass is 35.5. The summed E-state index contributed by atoms with van der Waals surface area (Å²) in [5, 5.41) is 2.72. The number of rotatable bonds is 6. The molecule has 0 aliphatic rings. The number of esters is 1. The molecule has 6 nitrogen and oxygen atoms in total. The SMILES string of the molecule is COc1cccc(-c2nc(COC(=O)c3c(C)cc(C)nc3Cl)cs2)c1OC. The van der Waals surface area contributed by atoms with Crippen molar-refractivity contribution in [3.05, 3.63) is 57.3 Å². The van der Waals surface area contributed by atoms with Gasteiger partial charge in [0.25, 0.3) is 0 Å². The van der Waals surface area contributed by atoms with Crippen LogP contribution in [0.5, 0.6) is 11.5 Å². The molecule has 8 heteroatoms. The molecular weight excluding hydrogens is 400 g/mol. The van der Waals surface area contributed by atoms with E-state index >= 15 is 0 Å². The number of benzene rings is 1. The Bertz CT molecular complexity index is 996. The third kappa shape index (κ3) is 4.10. The van der Waals surface area contributed by atoms with Gasteiger partial charge in [0.1, 0.15) is 16.8 Å². The average Bonchev–Trinajstić information content (AvgIpc) is 3.13. The van der Waals surface area contributed by atoms with Gasteiger partial charge in [-0.3, -0.25) is 0 Å². The van der Waals surface area contributed by atoms with Crippen LogP contribution in [0.15, 0.2) is 29.6 Å². The van der Waals surface area contributed by atoms with Crippen LogP contribution in [-0.4, -0.2) is 30.2 Å². The predicted octanol–water partition coefficient (Wildman–Crippen LogP) is 4.85. The zero-order chi connectivity index (χ0) is 20.3. The Morgan fingerprint density at radius 1 is 1.18 bits per heavy atom. The molecular formula is C20H19ClN2O4S. The largest absolute Gasteiger partial charge is 0.493 e. The fourth-order valence-electron chi connectivity index (χ4n) is 2.80. The number of hydrogen-bond donors (Lipinski definition) is 0. The minimum absolute atomic E-state index is 0.0330. The van der Waals surface area contributed by atoms with Crippen LogP contribution in [0.4, 0.5) is 0 Å². The van der Waals surface area contributed by atoms with E-state index in [1.807, 2.05) is 30.5 Å². The Morgan fingerprint density at radius 2 is 1.96 bits per heavy atom. The monoisotopic (exact) mass is 418 g/mol. The molecule has 0 unspecified atom stereocenters. The van der Waals surface area contributed by atoms with Gasteiger partial charge in [-0.05, 0) is 37.6 Å². The van der Waals surface area contributed by atoms with E-state index in [-0.39, 0.29) is 17.3 Å². The summed E-state index contributed by atoms with van der Waals surface area (Å²) in [4.78, 5) is 21.1. The fraction of sp³-hybridized carbons (Fsp3) is 0.250. The van der Waals surface area contributed by atoms with E-state index in [1.54, 1.807) is 27.2 Å². The van der Waals surface area contributed by atoms with Crippen LogP contribution in [0.25, 0.3) is 10.6 Å². The van der Waals surface area contributed by atoms with Crippen molar-refractivity contribution in [1.82, 2.24) is 9.97 Å². The number of halogens is 1. The number of hydrogen-bond acceptors (Lipinski definition) is 7. The van der Waals surface area contributed by atoms with Crippen LogP contribution >= 0.6 is 22.9 Å². The van der Waals surface area contributed by atoms with Gasteiger partial charge >= 0.3 is 5.97 Å². The van der Waals surface area contributed by atoms with E-state index in [0.29, 0.717) is 17.2 Å². The van der Waals surface area contributed by atoms with E-state index in [1.165, 1.54) is 11.3 Å². The molecule has 0 N–H and O–H groups in total. The Labute approximate surface area is 172 Å². The van der Waals surface area contributed by atoms with E-state index in [4.69, 9.17) is 25.8 Å². The Kier molecular flexibility index (Phi) is 6.16. The van der Waals surface area contributed by atoms with Gasteiger partial charge in [-0.2, -0.15) is 0 Å². The van der Waals surface area contributed by atoms with Crippen molar-refractivity contribution < 1.29 is 19.0 Å². The van der Waals surface area contributed by atoms with Crippen molar-refractivity contribution in [2.45, 2.75) is 20.5 Å². The lowest BCUT2D eigenvalue weighted by molar-refractivity contribution is 0.0467. The molecule has 0 amide bonds. The quantitative estimate of drug-likeness (QED) is 0.421. The van der Waals surface area contributed by atoms with Gasteiger partial charge in [-0.1, -0.05) is 17.7 Å². The number of thiazole rings is 1. The van der Waals surface area contributed by atoms with Crippen LogP contribution in [0, 0.1) is 13.8 Å². The smallest absolute Gasteiger partial charge is 0.341 e. The molecule has 0 radical (unpaired) electrons. The van der Waals surface area contributed by atoms with Crippen LogP contribution in [0.1, 0.15) is 27.3 Å². The third-order valence-corrected chi connectivity index (χ3v) is 5.24. The molecule has 0 spiro atoms. The lowest BCUT2D eigenvalue weighted by Gasteiger charge is -2.10. The number of aryl methyl sites for hydroxylation is 2. The zero-order valence-corrected chi connectivity index (χ0v) is 17.5. The number of ether oxygens (including phenoxy) is 3. The molecule has 0 aliphatic carbocycles. The Morgan fingerprint density at radius 3 is 2.64 bits per heavy atom. The first kappa shape index (κ1) is 20.1. The first-order chi connectivity index (χ1) is 13.4. The van der Waals surface area contributed by atoms with E-state index in [9.17, 15) is 4.79 Å². The van der Waals surface area contributed by atoms with Gasteiger partial charge in [-0.15, -0.1) is 11.3 Å². The van der Waals surface area contributed by atoms with Gasteiger partial charge in [-0.25, -0.2) is 14.8 Å². The molecule has 3 rings (SSSR count). The summed E-state index contributed by atoms with van der Waals surface area (Å²) in [7, 11) is 3.17. The number of carbonyl (C=O) groups is 1. The molecule has 2 aromatic heterocycles. The number of pyridine rings is 1. The molecule has 146 valence electrons. The fourth-order valence-corrected chi connectivity index (χ4v) is 3.99. The number of aromatic nitrogens is 2. The minimum atomic E-state index is -0.525. The topological polar surface area (TPSA) is 70.5 Å². The highest BCUT2D eigenvalue weighted by Crippen LogP contribution is 2.39. The molecule has 0 saturated carbocycles. The maximum absolute atomic E-state index is 12.4. The van der Waals surface area contributed by atoms with E-state index in [2.05, 4.69) is 9.97 Å². The van der Waals surface area contributed by atoms with Crippen molar-refractivity contribution in [1.29, 1.82) is 0 Å². The molecule has 0 bridgehead atoms. The minimum Gasteiger partial charge on any atom is -0.493 e. The van der Waals surface area contributed by atoms with Crippen molar-refractivity contribution >= 4 is 28.9 Å². The van der Waals surface area contributed by atoms with Crippen molar-refractivity contribution in [3.8, 4) is 22.1 Å². The molecule has 28 heavy (non-hydrogen) atoms. The highest BCUT2D eigenvalue weighted by molar-refractivity contribution is 7.13. The summed E-state index contributed by atoms with van der Waals surface area (Å²) < 4.78 is 16.2. The van der Waals surface area contributed by atoms with Gasteiger partial charge in [0.15, 0.2) is 11.5 Å². The van der Waals surface area contributed by atoms with Crippen molar-refractivity contribution in [2.75, 3.05) is 14.2 Å². The first-order valence-electron chi connectivity index (χ1n) is 8.41. The maximum atomic E-state index is 12.4. The summed E-state index contributed by atoms with van der Waals surface area (Å²) in [5.74, 6) is 0.708. The molecule has 0 aliphatic heterocycles. The normalized spacial score (nSPS) is 10.6. The summed E-state index contributed by atoms with van der Waals surface area (Å²) in [6.07, 6.45) is 0. The second-order valence-electron chi connectivity index (χ2n) is 6.01.